The quantitative estimate of drug-likeness (QED) is 0.0929. The van der Waals surface area contributed by atoms with Gasteiger partial charge in [-0.05, 0) is 90.5 Å². The van der Waals surface area contributed by atoms with Crippen LogP contribution < -0.4 is 48.6 Å². The van der Waals surface area contributed by atoms with Crippen molar-refractivity contribution < 1.29 is 35.7 Å². The van der Waals surface area contributed by atoms with Gasteiger partial charge in [0, 0.05) is 4.47 Å². The lowest BCUT2D eigenvalue weighted by Gasteiger charge is -2.46. The number of rotatable bonds is 14. The highest BCUT2D eigenvalue weighted by atomic mass is 79.9. The second-order valence-corrected chi connectivity index (χ2v) is 27.5. The van der Waals surface area contributed by atoms with Crippen LogP contribution in [0.5, 0.6) is 0 Å². The Labute approximate surface area is 380 Å². The summed E-state index contributed by atoms with van der Waals surface area (Å²) in [5.74, 6) is -0.283. The smallest absolute Gasteiger partial charge is 0.408 e. The predicted octanol–water partition coefficient (Wildman–Crippen LogP) is 7.01. The summed E-state index contributed by atoms with van der Waals surface area (Å²) >= 11 is 3.66. The molecule has 10 heteroatoms. The summed E-state index contributed by atoms with van der Waals surface area (Å²) in [7, 11) is -5.48. The molecule has 0 aliphatic carbocycles. The van der Waals surface area contributed by atoms with Crippen molar-refractivity contribution in [2.45, 2.75) is 104 Å². The molecule has 0 bridgehead atoms. The molecule has 0 spiro atoms. The summed E-state index contributed by atoms with van der Waals surface area (Å²) in [5.41, 5.74) is -0.165. The summed E-state index contributed by atoms with van der Waals surface area (Å²) in [6.45, 7) is 20.3. The van der Waals surface area contributed by atoms with Gasteiger partial charge in [0.2, 0.25) is 5.91 Å². The largest absolute Gasteiger partial charge is 1.00 e. The lowest BCUT2D eigenvalue weighted by atomic mass is 9.86. The Morgan fingerprint density at radius 3 is 1.48 bits per heavy atom. The van der Waals surface area contributed by atoms with Crippen LogP contribution in [-0.2, 0) is 20.1 Å². The van der Waals surface area contributed by atoms with Gasteiger partial charge in [0.05, 0.1) is 42.3 Å². The Hall–Kier alpha value is -3.59. The number of alkyl carbamates (subject to hydrolysis) is 1. The van der Waals surface area contributed by atoms with E-state index in [4.69, 9.17) is 9.16 Å². The number of ether oxygens (including phenoxy) is 1. The van der Waals surface area contributed by atoms with Crippen LogP contribution in [0.25, 0.3) is 0 Å². The minimum absolute atomic E-state index is 0. The molecule has 0 fully saturated rings. The van der Waals surface area contributed by atoms with E-state index >= 15 is 4.79 Å². The molecule has 6 nitrogen and oxygen atoms in total. The molecule has 2 amide bonds. The van der Waals surface area contributed by atoms with Crippen molar-refractivity contribution in [3.8, 4) is 0 Å². The Kier molecular flexibility index (Phi) is 16.8. The SMILES string of the molecule is CC(O[Si](c1ccccc1)(c1ccccc1)C(C)(C)C)[C@@H](C[P+](Cc1ccc(Br)cc1)(c1ccccc1)c1ccccc1)NC(=O)C(NC(=O)OC(C)(C)C)C(C)(C)C.[Br-]. The average molecular weight is 975 g/mol. The fourth-order valence-corrected chi connectivity index (χ4v) is 17.6. The molecule has 3 atom stereocenters. The van der Waals surface area contributed by atoms with Gasteiger partial charge in [-0.15, -0.1) is 0 Å². The lowest BCUT2D eigenvalue weighted by Crippen LogP contribution is -3.00. The molecule has 5 aromatic rings. The van der Waals surface area contributed by atoms with Crippen LogP contribution in [0.15, 0.2) is 150 Å². The van der Waals surface area contributed by atoms with Crippen LogP contribution in [0.2, 0.25) is 5.04 Å². The predicted molar refractivity (Wildman–Crippen MR) is 254 cm³/mol. The summed E-state index contributed by atoms with van der Waals surface area (Å²) in [6.07, 6.45) is 0.271. The molecule has 0 heterocycles. The molecule has 0 saturated heterocycles. The highest BCUT2D eigenvalue weighted by molar-refractivity contribution is 9.10. The van der Waals surface area contributed by atoms with Crippen LogP contribution in [0.4, 0.5) is 4.79 Å². The first-order valence-electron chi connectivity index (χ1n) is 20.6. The molecule has 2 unspecified atom stereocenters. The first-order valence-corrected chi connectivity index (χ1v) is 25.4. The summed E-state index contributed by atoms with van der Waals surface area (Å²) in [5, 5.41) is 11.0. The van der Waals surface area contributed by atoms with Crippen molar-refractivity contribution in [1.29, 1.82) is 0 Å². The van der Waals surface area contributed by atoms with E-state index in [2.05, 4.69) is 188 Å². The van der Waals surface area contributed by atoms with Crippen LogP contribution in [-0.4, -0.2) is 50.3 Å². The van der Waals surface area contributed by atoms with E-state index in [-0.39, 0.29) is 27.9 Å². The van der Waals surface area contributed by atoms with Crippen molar-refractivity contribution in [2.75, 3.05) is 6.16 Å². The zero-order chi connectivity index (χ0) is 43.1. The number of halogens is 2. The minimum Gasteiger partial charge on any atom is -1.00 e. The Morgan fingerprint density at radius 1 is 0.650 bits per heavy atom. The second-order valence-electron chi connectivity index (χ2n) is 18.7. The maximum atomic E-state index is 15.0. The van der Waals surface area contributed by atoms with E-state index in [9.17, 15) is 4.79 Å². The van der Waals surface area contributed by atoms with Crippen LogP contribution in [0.1, 0.15) is 74.8 Å². The molecule has 2 N–H and O–H groups in total. The highest BCUT2D eigenvalue weighted by Crippen LogP contribution is 2.60. The van der Waals surface area contributed by atoms with Gasteiger partial charge in [0.15, 0.2) is 0 Å². The molecular formula is C50H63Br2N2O4PSi. The average Bonchev–Trinajstić information content (AvgIpc) is 3.19. The first kappa shape index (κ1) is 49.1. The fraction of sp³-hybridized carbons (Fsp3) is 0.360. The third-order valence-corrected chi connectivity index (χ3v) is 21.0. The summed E-state index contributed by atoms with van der Waals surface area (Å²) < 4.78 is 14.6. The van der Waals surface area contributed by atoms with Gasteiger partial charge in [0.1, 0.15) is 11.6 Å². The highest BCUT2D eigenvalue weighted by Gasteiger charge is 2.54. The maximum absolute atomic E-state index is 15.0. The van der Waals surface area contributed by atoms with Crippen molar-refractivity contribution >= 4 is 64.5 Å². The fourth-order valence-electron chi connectivity index (χ4n) is 8.00. The van der Waals surface area contributed by atoms with Gasteiger partial charge >= 0.3 is 6.09 Å². The zero-order valence-corrected chi connectivity index (χ0v) is 41.9. The van der Waals surface area contributed by atoms with Gasteiger partial charge < -0.3 is 36.8 Å². The molecular weight excluding hydrogens is 911 g/mol. The van der Waals surface area contributed by atoms with Gasteiger partial charge in [-0.25, -0.2) is 4.79 Å². The van der Waals surface area contributed by atoms with Crippen molar-refractivity contribution in [2.24, 2.45) is 5.41 Å². The van der Waals surface area contributed by atoms with Gasteiger partial charge in [-0.1, -0.05) is 167 Å². The number of carbonyl (C=O) groups is 2. The van der Waals surface area contributed by atoms with E-state index < -0.39 is 50.9 Å². The van der Waals surface area contributed by atoms with Crippen molar-refractivity contribution in [3.05, 3.63) is 156 Å². The standard InChI is InChI=1S/C50H62BrN2O4PSi.BrH/c1-37(57-59(50(8,9)10,42-27-19-13-20-28-42)43-29-21-14-22-30-43)44(52-46(54)45(48(2,3)4)53-47(55)56-49(5,6)7)36-58(40-23-15-11-16-24-40,41-25-17-12-18-26-41)35-38-31-33-39(51)34-32-38;/h11-34,37,44-45H,35-36H2,1-10H3,(H-,52,53,54,55);1H/t37?,44-,45?;/m1./s1. The number of nitrogens with one attached hydrogen (secondary N) is 2. The first-order chi connectivity index (χ1) is 27.7. The molecule has 0 aliphatic rings. The van der Waals surface area contributed by atoms with E-state index in [1.807, 2.05) is 53.7 Å². The van der Waals surface area contributed by atoms with E-state index in [1.54, 1.807) is 0 Å². The molecule has 0 saturated carbocycles. The minimum atomic E-state index is -3.09. The molecule has 0 radical (unpaired) electrons. The summed E-state index contributed by atoms with van der Waals surface area (Å²) in [6, 6.07) is 50.0. The van der Waals surface area contributed by atoms with Gasteiger partial charge in [-0.3, -0.25) is 4.79 Å². The van der Waals surface area contributed by atoms with Crippen molar-refractivity contribution in [1.82, 2.24) is 10.6 Å². The zero-order valence-electron chi connectivity index (χ0n) is 36.8. The third kappa shape index (κ3) is 12.1. The number of amides is 2. The number of hydrogen-bond acceptors (Lipinski definition) is 4. The molecule has 320 valence electrons. The van der Waals surface area contributed by atoms with Crippen molar-refractivity contribution in [3.63, 3.8) is 0 Å². The molecule has 5 aromatic carbocycles. The van der Waals surface area contributed by atoms with Gasteiger partial charge in [-0.2, -0.15) is 0 Å². The summed E-state index contributed by atoms with van der Waals surface area (Å²) in [4.78, 5) is 28.4. The van der Waals surface area contributed by atoms with E-state index in [1.165, 1.54) is 16.2 Å². The van der Waals surface area contributed by atoms with E-state index in [0.717, 1.165) is 21.0 Å². The van der Waals surface area contributed by atoms with Gasteiger partial charge in [0.25, 0.3) is 8.32 Å². The van der Waals surface area contributed by atoms with Crippen LogP contribution in [0, 0.1) is 5.41 Å². The second kappa shape index (κ2) is 20.5. The van der Waals surface area contributed by atoms with Crippen LogP contribution >= 0.6 is 23.2 Å². The monoisotopic (exact) mass is 972 g/mol. The molecule has 60 heavy (non-hydrogen) atoms. The number of hydrogen-bond donors (Lipinski definition) is 2. The number of benzene rings is 5. The van der Waals surface area contributed by atoms with Crippen LogP contribution in [0.3, 0.4) is 0 Å². The molecule has 5 rings (SSSR count). The maximum Gasteiger partial charge on any atom is 0.408 e. The number of carbonyl (C=O) groups excluding carboxylic acids is 2. The Morgan fingerprint density at radius 2 is 1.08 bits per heavy atom. The molecule has 0 aliphatic heterocycles. The van der Waals surface area contributed by atoms with E-state index in [0.29, 0.717) is 6.16 Å². The normalized spacial score (nSPS) is 13.9. The lowest BCUT2D eigenvalue weighted by molar-refractivity contribution is -0.126. The molecule has 0 aromatic heterocycles. The Bertz CT molecular complexity index is 2030. The Balaban J connectivity index is 0.00000794. The third-order valence-electron chi connectivity index (χ3n) is 10.8. The topological polar surface area (TPSA) is 76.7 Å².